The number of nitrogens with zero attached hydrogens (tertiary/aromatic N) is 1. The average Bonchev–Trinajstić information content (AvgIpc) is 2.04. The largest absolute Gasteiger partial charge is 0.260 e. The second kappa shape index (κ2) is 3.57. The second-order valence-corrected chi connectivity index (χ2v) is 2.36. The summed E-state index contributed by atoms with van der Waals surface area (Å²) in [6, 6.07) is 4.00. The van der Waals surface area contributed by atoms with Crippen molar-refractivity contribution in [2.24, 2.45) is 0 Å². The van der Waals surface area contributed by atoms with Crippen LogP contribution in [0.15, 0.2) is 18.3 Å². The zero-order valence-corrected chi connectivity index (χ0v) is 6.73. The molecule has 0 spiro atoms. The summed E-state index contributed by atoms with van der Waals surface area (Å²) in [7, 11) is 0. The van der Waals surface area contributed by atoms with Gasteiger partial charge in [0.1, 0.15) is 0 Å². The first kappa shape index (κ1) is 7.55. The molecule has 0 saturated heterocycles. The van der Waals surface area contributed by atoms with Crippen LogP contribution in [0.2, 0.25) is 0 Å². The topological polar surface area (TPSA) is 12.9 Å². The molecule has 0 aromatic carbocycles. The van der Waals surface area contributed by atoms with Crippen LogP contribution in [0.3, 0.4) is 0 Å². The molecule has 0 N–H and O–H groups in total. The number of hydrogen-bond donors (Lipinski definition) is 0. The predicted molar refractivity (Wildman–Crippen MR) is 43.2 cm³/mol. The molecule has 1 aromatic heterocycles. The summed E-state index contributed by atoms with van der Waals surface area (Å²) in [6.45, 7) is 2.10. The van der Waals surface area contributed by atoms with Crippen molar-refractivity contribution in [3.8, 4) is 0 Å². The molecule has 54 valence electrons. The Bertz CT molecular complexity index is 187. The first-order chi connectivity index (χ1) is 4.88. The van der Waals surface area contributed by atoms with Crippen LogP contribution in [0, 0.1) is 0 Å². The number of alkyl halides is 1. The van der Waals surface area contributed by atoms with Crippen LogP contribution in [0.1, 0.15) is 18.2 Å². The van der Waals surface area contributed by atoms with Crippen LogP contribution in [-0.2, 0) is 12.3 Å². The van der Waals surface area contributed by atoms with E-state index < -0.39 is 0 Å². The van der Waals surface area contributed by atoms with Crippen molar-refractivity contribution in [1.29, 1.82) is 0 Å². The molecule has 0 bridgehead atoms. The molecule has 2 heteroatoms. The lowest BCUT2D eigenvalue weighted by Gasteiger charge is -2.00. The Morgan fingerprint density at radius 3 is 2.90 bits per heavy atom. The molecule has 0 atom stereocenters. The van der Waals surface area contributed by atoms with Gasteiger partial charge >= 0.3 is 0 Å². The lowest BCUT2D eigenvalue weighted by molar-refractivity contribution is 1.03. The van der Waals surface area contributed by atoms with Gasteiger partial charge in [-0.05, 0) is 18.1 Å². The van der Waals surface area contributed by atoms with E-state index in [9.17, 15) is 0 Å². The third-order valence-corrected chi connectivity index (χ3v) is 1.75. The molecule has 1 nitrogen and oxygen atoms in total. The summed E-state index contributed by atoms with van der Waals surface area (Å²) in [4.78, 5) is 4.14. The highest BCUT2D eigenvalue weighted by Gasteiger charge is 1.96. The highest BCUT2D eigenvalue weighted by molar-refractivity contribution is 6.16. The number of aryl methyl sites for hydroxylation is 1. The van der Waals surface area contributed by atoms with Crippen molar-refractivity contribution in [3.63, 3.8) is 0 Å². The first-order valence-electron chi connectivity index (χ1n) is 3.37. The Kier molecular flexibility index (Phi) is 2.69. The van der Waals surface area contributed by atoms with Gasteiger partial charge in [0.05, 0.1) is 11.6 Å². The van der Waals surface area contributed by atoms with Crippen LogP contribution in [-0.4, -0.2) is 4.98 Å². The lowest BCUT2D eigenvalue weighted by atomic mass is 10.1. The number of halogens is 1. The van der Waals surface area contributed by atoms with Crippen molar-refractivity contribution >= 4 is 11.6 Å². The highest BCUT2D eigenvalue weighted by Crippen LogP contribution is 2.07. The van der Waals surface area contributed by atoms with E-state index in [4.69, 9.17) is 11.6 Å². The Balaban J connectivity index is 2.96. The van der Waals surface area contributed by atoms with Crippen molar-refractivity contribution in [2.45, 2.75) is 19.2 Å². The molecular formula is C8H10ClN. The molecule has 0 fully saturated rings. The van der Waals surface area contributed by atoms with Crippen LogP contribution in [0.4, 0.5) is 0 Å². The smallest absolute Gasteiger partial charge is 0.0650 e. The monoisotopic (exact) mass is 155 g/mol. The summed E-state index contributed by atoms with van der Waals surface area (Å²) in [5.41, 5.74) is 2.25. The normalized spacial score (nSPS) is 9.80. The van der Waals surface area contributed by atoms with E-state index in [1.807, 2.05) is 6.07 Å². The molecule has 1 heterocycles. The summed E-state index contributed by atoms with van der Waals surface area (Å²) in [6.07, 6.45) is 2.78. The van der Waals surface area contributed by atoms with Crippen LogP contribution in [0.25, 0.3) is 0 Å². The molecule has 0 amide bonds. The van der Waals surface area contributed by atoms with E-state index in [0.29, 0.717) is 5.88 Å². The van der Waals surface area contributed by atoms with Gasteiger partial charge in [0.15, 0.2) is 0 Å². The fourth-order valence-electron chi connectivity index (χ4n) is 0.914. The maximum absolute atomic E-state index is 5.65. The predicted octanol–water partition coefficient (Wildman–Crippen LogP) is 2.38. The number of rotatable bonds is 2. The molecule has 0 radical (unpaired) electrons. The SMILES string of the molecule is CCc1cccnc1CCl. The molecule has 0 aliphatic carbocycles. The Hall–Kier alpha value is -0.560. The minimum atomic E-state index is 0.518. The summed E-state index contributed by atoms with van der Waals surface area (Å²) in [5.74, 6) is 0.518. The van der Waals surface area contributed by atoms with Gasteiger partial charge in [-0.25, -0.2) is 0 Å². The van der Waals surface area contributed by atoms with Gasteiger partial charge in [-0.3, -0.25) is 4.98 Å². The number of hydrogen-bond acceptors (Lipinski definition) is 1. The van der Waals surface area contributed by atoms with Gasteiger partial charge < -0.3 is 0 Å². The second-order valence-electron chi connectivity index (χ2n) is 2.10. The molecule has 1 rings (SSSR count). The fraction of sp³-hybridized carbons (Fsp3) is 0.375. The standard InChI is InChI=1S/C8H10ClN/c1-2-7-4-3-5-10-8(7)6-9/h3-5H,2,6H2,1H3. The molecule has 0 aliphatic rings. The van der Waals surface area contributed by atoms with E-state index in [-0.39, 0.29) is 0 Å². The third kappa shape index (κ3) is 1.48. The van der Waals surface area contributed by atoms with Gasteiger partial charge in [-0.1, -0.05) is 13.0 Å². The highest BCUT2D eigenvalue weighted by atomic mass is 35.5. The summed E-state index contributed by atoms with van der Waals surface area (Å²) in [5, 5.41) is 0. The van der Waals surface area contributed by atoms with Gasteiger partial charge in [-0.2, -0.15) is 0 Å². The summed E-state index contributed by atoms with van der Waals surface area (Å²) < 4.78 is 0. The van der Waals surface area contributed by atoms with E-state index in [0.717, 1.165) is 12.1 Å². The lowest BCUT2D eigenvalue weighted by Crippen LogP contribution is -1.91. The molecule has 0 saturated carbocycles. The summed E-state index contributed by atoms with van der Waals surface area (Å²) >= 11 is 5.65. The molecule has 10 heavy (non-hydrogen) atoms. The number of pyridine rings is 1. The van der Waals surface area contributed by atoms with E-state index in [2.05, 4.69) is 18.0 Å². The molecule has 0 aliphatic heterocycles. The van der Waals surface area contributed by atoms with Crippen LogP contribution in [0.5, 0.6) is 0 Å². The first-order valence-corrected chi connectivity index (χ1v) is 3.90. The van der Waals surface area contributed by atoms with Crippen molar-refractivity contribution in [1.82, 2.24) is 4.98 Å². The third-order valence-electron chi connectivity index (χ3n) is 1.49. The number of aromatic nitrogens is 1. The Morgan fingerprint density at radius 1 is 1.60 bits per heavy atom. The maximum atomic E-state index is 5.65. The quantitative estimate of drug-likeness (QED) is 0.598. The molecular weight excluding hydrogens is 146 g/mol. The van der Waals surface area contributed by atoms with Crippen molar-refractivity contribution < 1.29 is 0 Å². The average molecular weight is 156 g/mol. The van der Waals surface area contributed by atoms with Crippen LogP contribution >= 0.6 is 11.6 Å². The Labute approximate surface area is 66.0 Å². The van der Waals surface area contributed by atoms with Crippen LogP contribution < -0.4 is 0 Å². The van der Waals surface area contributed by atoms with Gasteiger partial charge in [0, 0.05) is 6.20 Å². The zero-order valence-electron chi connectivity index (χ0n) is 5.97. The Morgan fingerprint density at radius 2 is 2.40 bits per heavy atom. The van der Waals surface area contributed by atoms with E-state index >= 15 is 0 Å². The van der Waals surface area contributed by atoms with Gasteiger partial charge in [0.25, 0.3) is 0 Å². The van der Waals surface area contributed by atoms with Gasteiger partial charge in [-0.15, -0.1) is 11.6 Å². The molecule has 0 unspecified atom stereocenters. The maximum Gasteiger partial charge on any atom is 0.0650 e. The minimum Gasteiger partial charge on any atom is -0.260 e. The molecule has 1 aromatic rings. The van der Waals surface area contributed by atoms with Crippen molar-refractivity contribution in [2.75, 3.05) is 0 Å². The minimum absolute atomic E-state index is 0.518. The van der Waals surface area contributed by atoms with E-state index in [1.165, 1.54) is 5.56 Å². The van der Waals surface area contributed by atoms with Gasteiger partial charge in [0.2, 0.25) is 0 Å². The fourth-order valence-corrected chi connectivity index (χ4v) is 1.15. The zero-order chi connectivity index (χ0) is 7.40. The van der Waals surface area contributed by atoms with E-state index in [1.54, 1.807) is 6.20 Å². The van der Waals surface area contributed by atoms with Crippen molar-refractivity contribution in [3.05, 3.63) is 29.6 Å².